The third kappa shape index (κ3) is 5.16. The number of aliphatic hydroxyl groups excluding tert-OH is 1. The van der Waals surface area contributed by atoms with Crippen molar-refractivity contribution in [2.24, 2.45) is 0 Å². The van der Waals surface area contributed by atoms with E-state index in [2.05, 4.69) is 15.3 Å². The molecule has 1 aromatic carbocycles. The molecule has 0 amide bonds. The Morgan fingerprint density at radius 1 is 1.31 bits per heavy atom. The number of aliphatic hydroxyl groups is 1. The lowest BCUT2D eigenvalue weighted by atomic mass is 9.93. The number of hydrogen-bond acceptors (Lipinski definition) is 5. The van der Waals surface area contributed by atoms with E-state index in [4.69, 9.17) is 17.3 Å². The number of anilines is 2. The topological polar surface area (TPSA) is 104 Å². The van der Waals surface area contributed by atoms with Gasteiger partial charge in [0.15, 0.2) is 5.78 Å². The van der Waals surface area contributed by atoms with Crippen molar-refractivity contribution in [3.05, 3.63) is 65.1 Å². The van der Waals surface area contributed by atoms with Crippen LogP contribution < -0.4 is 11.1 Å². The zero-order valence-electron chi connectivity index (χ0n) is 16.4. The number of aromatic amines is 1. The maximum Gasteiger partial charge on any atom is 0.179 e. The van der Waals surface area contributed by atoms with Crippen molar-refractivity contribution in [1.29, 1.82) is 0 Å². The quantitative estimate of drug-likeness (QED) is 0.322. The van der Waals surface area contributed by atoms with Gasteiger partial charge < -0.3 is 21.1 Å². The second kappa shape index (κ2) is 9.11. The van der Waals surface area contributed by atoms with Gasteiger partial charge in [-0.05, 0) is 43.7 Å². The number of nitrogens with two attached hydrogens (primary N) is 1. The van der Waals surface area contributed by atoms with Crippen molar-refractivity contribution >= 4 is 28.9 Å². The van der Waals surface area contributed by atoms with E-state index in [0.717, 1.165) is 22.5 Å². The van der Waals surface area contributed by atoms with Crippen molar-refractivity contribution in [1.82, 2.24) is 9.97 Å². The number of H-pyrrole nitrogens is 1. The molecular weight excluding hydrogens is 388 g/mol. The van der Waals surface area contributed by atoms with Crippen molar-refractivity contribution in [3.8, 4) is 11.1 Å². The summed E-state index contributed by atoms with van der Waals surface area (Å²) in [5.74, 6) is 0.308. The fraction of sp³-hybridized carbons (Fsp3) is 0.273. The van der Waals surface area contributed by atoms with Crippen LogP contribution in [0, 0.1) is 0 Å². The first kappa shape index (κ1) is 20.9. The van der Waals surface area contributed by atoms with Crippen LogP contribution in [-0.2, 0) is 0 Å². The van der Waals surface area contributed by atoms with Crippen LogP contribution in [0.25, 0.3) is 11.1 Å². The Hall–Kier alpha value is -2.83. The molecule has 5 N–H and O–H groups in total. The molecule has 7 heteroatoms. The lowest BCUT2D eigenvalue weighted by molar-refractivity contribution is 0.0956. The molecule has 0 radical (unpaired) electrons. The Morgan fingerprint density at radius 2 is 2.10 bits per heavy atom. The number of pyridine rings is 1. The lowest BCUT2D eigenvalue weighted by Gasteiger charge is -2.14. The van der Waals surface area contributed by atoms with E-state index in [-0.39, 0.29) is 30.8 Å². The minimum absolute atomic E-state index is 0.0940. The van der Waals surface area contributed by atoms with Gasteiger partial charge in [0.2, 0.25) is 0 Å². The van der Waals surface area contributed by atoms with E-state index >= 15 is 0 Å². The zero-order valence-corrected chi connectivity index (χ0v) is 17.2. The second-order valence-electron chi connectivity index (χ2n) is 7.33. The largest absolute Gasteiger partial charge is 0.399 e. The smallest absolute Gasteiger partial charge is 0.179 e. The number of halogens is 1. The van der Waals surface area contributed by atoms with Crippen LogP contribution in [0.15, 0.2) is 48.8 Å². The molecular formula is C22H25ClN4O2. The lowest BCUT2D eigenvalue weighted by Crippen LogP contribution is -2.11. The maximum absolute atomic E-state index is 12.8. The number of carbonyl (C=O) groups is 1. The van der Waals surface area contributed by atoms with Crippen LogP contribution in [0.2, 0.25) is 5.02 Å². The predicted octanol–water partition coefficient (Wildman–Crippen LogP) is 4.48. The van der Waals surface area contributed by atoms with Crippen molar-refractivity contribution < 1.29 is 9.90 Å². The summed E-state index contributed by atoms with van der Waals surface area (Å²) in [4.78, 5) is 20.1. The van der Waals surface area contributed by atoms with Crippen LogP contribution in [0.5, 0.6) is 0 Å². The van der Waals surface area contributed by atoms with Crippen LogP contribution in [0.3, 0.4) is 0 Å². The summed E-state index contributed by atoms with van der Waals surface area (Å²) < 4.78 is 0. The highest BCUT2D eigenvalue weighted by Crippen LogP contribution is 2.31. The second-order valence-corrected chi connectivity index (χ2v) is 7.73. The molecule has 0 bridgehead atoms. The number of benzene rings is 1. The molecule has 0 aliphatic heterocycles. The van der Waals surface area contributed by atoms with Crippen LogP contribution in [-0.4, -0.2) is 33.5 Å². The number of ketones is 1. The number of nitrogens with one attached hydrogen (secondary N) is 2. The Labute approximate surface area is 175 Å². The third-order valence-corrected chi connectivity index (χ3v) is 4.92. The monoisotopic (exact) mass is 412 g/mol. The van der Waals surface area contributed by atoms with Crippen molar-refractivity contribution in [3.63, 3.8) is 0 Å². The van der Waals surface area contributed by atoms with Gasteiger partial charge in [-0.3, -0.25) is 4.79 Å². The number of carbonyl (C=O) groups excluding carboxylic acids is 1. The molecule has 0 fully saturated rings. The molecule has 0 unspecified atom stereocenters. The SMILES string of the molecule is CC(C)Nc1cc(-c2c[nH]c(C(=O)C[C@H](CO)c3cccc(N)c3)c2)c(Cl)cn1. The highest BCUT2D eigenvalue weighted by atomic mass is 35.5. The number of Topliss-reactive ketones (excluding diaryl/α,β-unsaturated/α-hetero) is 1. The average molecular weight is 413 g/mol. The summed E-state index contributed by atoms with van der Waals surface area (Å²) in [6.45, 7) is 3.92. The maximum atomic E-state index is 12.8. The molecule has 6 nitrogen and oxygen atoms in total. The van der Waals surface area contributed by atoms with Gasteiger partial charge in [0, 0.05) is 47.6 Å². The average Bonchev–Trinajstić information content (AvgIpc) is 3.17. The first-order chi connectivity index (χ1) is 13.9. The Kier molecular flexibility index (Phi) is 6.56. The van der Waals surface area contributed by atoms with E-state index in [1.54, 1.807) is 30.6 Å². The number of nitrogen functional groups attached to an aromatic ring is 1. The summed E-state index contributed by atoms with van der Waals surface area (Å²) >= 11 is 6.32. The van der Waals surface area contributed by atoms with Crippen LogP contribution in [0.4, 0.5) is 11.5 Å². The number of hydrogen-bond donors (Lipinski definition) is 4. The predicted molar refractivity (Wildman–Crippen MR) is 117 cm³/mol. The molecule has 3 aromatic rings. The molecule has 2 heterocycles. The van der Waals surface area contributed by atoms with Gasteiger partial charge in [0.1, 0.15) is 5.82 Å². The van der Waals surface area contributed by atoms with Gasteiger partial charge in [0.25, 0.3) is 0 Å². The molecule has 152 valence electrons. The minimum atomic E-state index is -0.316. The standard InChI is InChI=1S/C22H25ClN4O2/c1-13(2)27-22-9-18(19(23)11-26-22)15-7-20(25-10-15)21(29)8-16(12-28)14-4-3-5-17(24)6-14/h3-7,9-11,13,16,25,28H,8,12,24H2,1-2H3,(H,26,27)/t16-/m1/s1. The molecule has 0 spiro atoms. The summed E-state index contributed by atoms with van der Waals surface area (Å²) in [6.07, 6.45) is 3.52. The number of aromatic nitrogens is 2. The summed E-state index contributed by atoms with van der Waals surface area (Å²) in [7, 11) is 0. The summed E-state index contributed by atoms with van der Waals surface area (Å²) in [5, 5.41) is 13.5. The number of rotatable bonds is 8. The fourth-order valence-corrected chi connectivity index (χ4v) is 3.39. The Bertz CT molecular complexity index is 1000. The van der Waals surface area contributed by atoms with Gasteiger partial charge >= 0.3 is 0 Å². The summed E-state index contributed by atoms with van der Waals surface area (Å²) in [5.41, 5.74) is 9.32. The third-order valence-electron chi connectivity index (χ3n) is 4.62. The normalized spacial score (nSPS) is 12.2. The van der Waals surface area contributed by atoms with E-state index in [1.165, 1.54) is 0 Å². The first-order valence-corrected chi connectivity index (χ1v) is 9.85. The van der Waals surface area contributed by atoms with E-state index < -0.39 is 0 Å². The molecule has 0 aliphatic rings. The van der Waals surface area contributed by atoms with Gasteiger partial charge in [-0.1, -0.05) is 23.7 Å². The summed E-state index contributed by atoms with van der Waals surface area (Å²) in [6, 6.07) is 11.1. The fourth-order valence-electron chi connectivity index (χ4n) is 3.18. The molecule has 0 saturated heterocycles. The number of nitrogens with zero attached hydrogens (tertiary/aromatic N) is 1. The molecule has 0 aliphatic carbocycles. The van der Waals surface area contributed by atoms with E-state index in [1.807, 2.05) is 32.0 Å². The molecule has 0 saturated carbocycles. The molecule has 1 atom stereocenters. The molecule has 29 heavy (non-hydrogen) atoms. The van der Waals surface area contributed by atoms with Crippen molar-refractivity contribution in [2.45, 2.75) is 32.2 Å². The zero-order chi connectivity index (χ0) is 21.0. The van der Waals surface area contributed by atoms with Gasteiger partial charge in [-0.25, -0.2) is 4.98 Å². The molecule has 3 rings (SSSR count). The van der Waals surface area contributed by atoms with Gasteiger partial charge in [-0.2, -0.15) is 0 Å². The van der Waals surface area contributed by atoms with E-state index in [9.17, 15) is 9.90 Å². The van der Waals surface area contributed by atoms with Crippen molar-refractivity contribution in [2.75, 3.05) is 17.7 Å². The first-order valence-electron chi connectivity index (χ1n) is 9.47. The Balaban J connectivity index is 1.79. The minimum Gasteiger partial charge on any atom is -0.399 e. The highest BCUT2D eigenvalue weighted by Gasteiger charge is 2.19. The van der Waals surface area contributed by atoms with Gasteiger partial charge in [-0.15, -0.1) is 0 Å². The molecule has 2 aromatic heterocycles. The van der Waals surface area contributed by atoms with Gasteiger partial charge in [0.05, 0.1) is 17.3 Å². The Morgan fingerprint density at radius 3 is 2.79 bits per heavy atom. The van der Waals surface area contributed by atoms with Crippen LogP contribution >= 0.6 is 11.6 Å². The van der Waals surface area contributed by atoms with Crippen LogP contribution in [0.1, 0.15) is 42.2 Å². The highest BCUT2D eigenvalue weighted by molar-refractivity contribution is 6.33. The van der Waals surface area contributed by atoms with E-state index in [0.29, 0.717) is 16.4 Å².